The molecule has 0 atom stereocenters. The van der Waals surface area contributed by atoms with Crippen LogP contribution in [0.1, 0.15) is 16.8 Å². The van der Waals surface area contributed by atoms with Crippen molar-refractivity contribution in [2.75, 3.05) is 5.43 Å². The third-order valence-corrected chi connectivity index (χ3v) is 4.71. The molecule has 0 aliphatic heterocycles. The molecule has 152 valence electrons. The number of benzene rings is 2. The lowest BCUT2D eigenvalue weighted by molar-refractivity contribution is -0.137. The van der Waals surface area contributed by atoms with Crippen molar-refractivity contribution in [2.45, 2.75) is 13.1 Å². The molecule has 0 saturated heterocycles. The number of aromatic nitrogens is 3. The Balaban J connectivity index is 1.63. The van der Waals surface area contributed by atoms with Gasteiger partial charge in [-0.1, -0.05) is 35.9 Å². The molecule has 5 nitrogen and oxygen atoms in total. The molecule has 2 aromatic heterocycles. The highest BCUT2D eigenvalue weighted by Gasteiger charge is 2.30. The van der Waals surface area contributed by atoms with Crippen LogP contribution in [0.15, 0.2) is 65.8 Å². The van der Waals surface area contributed by atoms with Crippen LogP contribution in [-0.4, -0.2) is 21.0 Å². The van der Waals surface area contributed by atoms with Crippen LogP contribution in [0.2, 0.25) is 5.15 Å². The monoisotopic (exact) mass is 429 g/mol. The Bertz CT molecular complexity index is 1230. The molecule has 4 aromatic rings. The van der Waals surface area contributed by atoms with Gasteiger partial charge in [-0.15, -0.1) is 0 Å². The van der Waals surface area contributed by atoms with Gasteiger partial charge in [0.25, 0.3) is 0 Å². The van der Waals surface area contributed by atoms with Crippen molar-refractivity contribution < 1.29 is 13.2 Å². The average Bonchev–Trinajstić information content (AvgIpc) is 3.04. The normalized spacial score (nSPS) is 12.0. The van der Waals surface area contributed by atoms with Crippen molar-refractivity contribution in [3.05, 3.63) is 82.6 Å². The quantitative estimate of drug-likeness (QED) is 0.251. The molecule has 2 heterocycles. The molecular formula is C21H15ClF3N5. The Hall–Kier alpha value is -3.39. The molecule has 30 heavy (non-hydrogen) atoms. The van der Waals surface area contributed by atoms with Crippen molar-refractivity contribution in [3.8, 4) is 5.69 Å². The first-order valence-electron chi connectivity index (χ1n) is 8.90. The SMILES string of the molecule is Cc1nn(-c2ccccc2)c2nc(Cl)c(C=NNc3cccc(C(F)(F)F)c3)cc12. The van der Waals surface area contributed by atoms with Crippen LogP contribution in [0.4, 0.5) is 18.9 Å². The molecular weight excluding hydrogens is 415 g/mol. The number of fused-ring (bicyclic) bond motifs is 1. The van der Waals surface area contributed by atoms with Gasteiger partial charge in [-0.05, 0) is 43.3 Å². The minimum Gasteiger partial charge on any atom is -0.278 e. The second-order valence-corrected chi connectivity index (χ2v) is 6.88. The number of halogens is 4. The predicted molar refractivity (Wildman–Crippen MR) is 111 cm³/mol. The third kappa shape index (κ3) is 3.99. The average molecular weight is 430 g/mol. The molecule has 0 aliphatic rings. The number of pyridine rings is 1. The van der Waals surface area contributed by atoms with Crippen LogP contribution in [0.25, 0.3) is 16.7 Å². The Morgan fingerprint density at radius 1 is 1.07 bits per heavy atom. The summed E-state index contributed by atoms with van der Waals surface area (Å²) in [5.74, 6) is 0. The number of nitrogens with zero attached hydrogens (tertiary/aromatic N) is 4. The number of rotatable bonds is 4. The highest BCUT2D eigenvalue weighted by Crippen LogP contribution is 2.30. The number of aryl methyl sites for hydroxylation is 1. The lowest BCUT2D eigenvalue weighted by Gasteiger charge is -2.08. The van der Waals surface area contributed by atoms with Crippen molar-refractivity contribution >= 4 is 34.5 Å². The van der Waals surface area contributed by atoms with Crippen LogP contribution in [0.3, 0.4) is 0 Å². The van der Waals surface area contributed by atoms with Crippen molar-refractivity contribution in [1.82, 2.24) is 14.8 Å². The van der Waals surface area contributed by atoms with Crippen LogP contribution >= 0.6 is 11.6 Å². The number of hydrogen-bond acceptors (Lipinski definition) is 4. The smallest absolute Gasteiger partial charge is 0.278 e. The molecule has 0 amide bonds. The molecule has 0 bridgehead atoms. The minimum atomic E-state index is -4.42. The van der Waals surface area contributed by atoms with E-state index in [9.17, 15) is 13.2 Å². The number of hydrazone groups is 1. The first kappa shape index (κ1) is 19.9. The van der Waals surface area contributed by atoms with E-state index in [1.807, 2.05) is 37.3 Å². The maximum atomic E-state index is 12.8. The van der Waals surface area contributed by atoms with Crippen LogP contribution in [0, 0.1) is 6.92 Å². The number of anilines is 1. The van der Waals surface area contributed by atoms with E-state index < -0.39 is 11.7 Å². The van der Waals surface area contributed by atoms with Gasteiger partial charge in [-0.3, -0.25) is 5.43 Å². The first-order chi connectivity index (χ1) is 14.3. The van der Waals surface area contributed by atoms with Crippen LogP contribution in [0.5, 0.6) is 0 Å². The molecule has 9 heteroatoms. The van der Waals surface area contributed by atoms with Gasteiger partial charge in [0.05, 0.1) is 28.8 Å². The molecule has 4 rings (SSSR count). The Morgan fingerprint density at radius 2 is 1.83 bits per heavy atom. The lowest BCUT2D eigenvalue weighted by atomic mass is 10.2. The molecule has 0 aliphatic carbocycles. The zero-order valence-electron chi connectivity index (χ0n) is 15.7. The van der Waals surface area contributed by atoms with E-state index in [-0.39, 0.29) is 10.8 Å². The molecule has 0 unspecified atom stereocenters. The Labute approximate surface area is 174 Å². The maximum absolute atomic E-state index is 12.8. The topological polar surface area (TPSA) is 55.1 Å². The van der Waals surface area contributed by atoms with E-state index in [0.29, 0.717) is 11.2 Å². The van der Waals surface area contributed by atoms with E-state index in [4.69, 9.17) is 11.6 Å². The summed E-state index contributed by atoms with van der Waals surface area (Å²) in [7, 11) is 0. The summed E-state index contributed by atoms with van der Waals surface area (Å²) in [6, 6.07) is 16.1. The van der Waals surface area contributed by atoms with Gasteiger partial charge in [-0.2, -0.15) is 23.4 Å². The Kier molecular flexibility index (Phi) is 5.17. The molecule has 2 aromatic carbocycles. The van der Waals surface area contributed by atoms with Gasteiger partial charge in [0.15, 0.2) is 5.65 Å². The van der Waals surface area contributed by atoms with Gasteiger partial charge >= 0.3 is 6.18 Å². The summed E-state index contributed by atoms with van der Waals surface area (Å²) < 4.78 is 40.2. The van der Waals surface area contributed by atoms with Crippen molar-refractivity contribution in [2.24, 2.45) is 5.10 Å². The first-order valence-corrected chi connectivity index (χ1v) is 9.28. The summed E-state index contributed by atoms with van der Waals surface area (Å²) in [5.41, 5.74) is 4.77. The lowest BCUT2D eigenvalue weighted by Crippen LogP contribution is -2.05. The van der Waals surface area contributed by atoms with Gasteiger partial charge in [0.1, 0.15) is 5.15 Å². The van der Waals surface area contributed by atoms with E-state index >= 15 is 0 Å². The van der Waals surface area contributed by atoms with Crippen molar-refractivity contribution in [1.29, 1.82) is 0 Å². The fraction of sp³-hybridized carbons (Fsp3) is 0.0952. The molecule has 0 spiro atoms. The second kappa shape index (κ2) is 7.79. The van der Waals surface area contributed by atoms with E-state index in [1.165, 1.54) is 18.3 Å². The van der Waals surface area contributed by atoms with Gasteiger partial charge < -0.3 is 0 Å². The predicted octanol–water partition coefficient (Wildman–Crippen LogP) is 5.85. The summed E-state index contributed by atoms with van der Waals surface area (Å²) in [6.07, 6.45) is -3.01. The standard InChI is InChI=1S/C21H15ClF3N5/c1-13-18-10-14(12-26-28-16-7-5-6-15(11-16)21(23,24)25)19(22)27-20(18)30(29-13)17-8-3-2-4-9-17/h2-12,28H,1H3. The molecule has 1 N–H and O–H groups in total. The van der Waals surface area contributed by atoms with Gasteiger partial charge in [-0.25, -0.2) is 9.67 Å². The van der Waals surface area contributed by atoms with E-state index in [0.717, 1.165) is 28.9 Å². The largest absolute Gasteiger partial charge is 0.416 e. The number of nitrogens with one attached hydrogen (secondary N) is 1. The van der Waals surface area contributed by atoms with Gasteiger partial charge in [0, 0.05) is 10.9 Å². The number of hydrogen-bond donors (Lipinski definition) is 1. The van der Waals surface area contributed by atoms with Crippen LogP contribution < -0.4 is 5.43 Å². The maximum Gasteiger partial charge on any atom is 0.416 e. The van der Waals surface area contributed by atoms with Crippen LogP contribution in [-0.2, 0) is 6.18 Å². The fourth-order valence-corrected chi connectivity index (χ4v) is 3.14. The fourth-order valence-electron chi connectivity index (χ4n) is 2.96. The van der Waals surface area contributed by atoms with Crippen molar-refractivity contribution in [3.63, 3.8) is 0 Å². The summed E-state index contributed by atoms with van der Waals surface area (Å²) in [4.78, 5) is 4.44. The zero-order chi connectivity index (χ0) is 21.3. The second-order valence-electron chi connectivity index (χ2n) is 6.52. The zero-order valence-corrected chi connectivity index (χ0v) is 16.4. The number of alkyl halides is 3. The minimum absolute atomic E-state index is 0.203. The third-order valence-electron chi connectivity index (χ3n) is 4.41. The van der Waals surface area contributed by atoms with E-state index in [1.54, 1.807) is 10.7 Å². The summed E-state index contributed by atoms with van der Waals surface area (Å²) >= 11 is 6.32. The molecule has 0 radical (unpaired) electrons. The summed E-state index contributed by atoms with van der Waals surface area (Å²) in [6.45, 7) is 1.86. The highest BCUT2D eigenvalue weighted by atomic mass is 35.5. The molecule has 0 fully saturated rings. The molecule has 0 saturated carbocycles. The number of para-hydroxylation sites is 1. The van der Waals surface area contributed by atoms with Gasteiger partial charge in [0.2, 0.25) is 0 Å². The Morgan fingerprint density at radius 3 is 2.57 bits per heavy atom. The highest BCUT2D eigenvalue weighted by molar-refractivity contribution is 6.32. The van der Waals surface area contributed by atoms with E-state index in [2.05, 4.69) is 20.6 Å². The summed E-state index contributed by atoms with van der Waals surface area (Å²) in [5, 5.41) is 9.53.